The van der Waals surface area contributed by atoms with Crippen molar-refractivity contribution in [1.29, 1.82) is 0 Å². The molecule has 7 nitrogen and oxygen atoms in total. The van der Waals surface area contributed by atoms with Gasteiger partial charge in [0.15, 0.2) is 0 Å². The summed E-state index contributed by atoms with van der Waals surface area (Å²) >= 11 is 0. The van der Waals surface area contributed by atoms with Gasteiger partial charge in [0, 0.05) is 13.6 Å². The first kappa shape index (κ1) is 15.6. The highest BCUT2D eigenvalue weighted by Crippen LogP contribution is 2.48. The Kier molecular flexibility index (Phi) is 4.69. The first-order valence-electron chi connectivity index (χ1n) is 7.39. The quantitative estimate of drug-likeness (QED) is 0.658. The second kappa shape index (κ2) is 6.32. The van der Waals surface area contributed by atoms with E-state index in [1.54, 1.807) is 7.05 Å². The summed E-state index contributed by atoms with van der Waals surface area (Å²) in [6.07, 6.45) is 4.57. The van der Waals surface area contributed by atoms with Crippen molar-refractivity contribution in [2.24, 2.45) is 23.5 Å². The molecule has 2 aliphatic rings. The van der Waals surface area contributed by atoms with Gasteiger partial charge in [0.25, 0.3) is 0 Å². The number of primary amides is 1. The molecule has 2 rings (SSSR count). The molecular formula is C14H23N3O4. The smallest absolute Gasteiger partial charge is 0.326 e. The van der Waals surface area contributed by atoms with Gasteiger partial charge in [-0.3, -0.25) is 4.79 Å². The van der Waals surface area contributed by atoms with E-state index in [0.29, 0.717) is 18.4 Å². The first-order chi connectivity index (χ1) is 9.86. The van der Waals surface area contributed by atoms with Crippen molar-refractivity contribution in [2.75, 3.05) is 13.6 Å². The highest BCUT2D eigenvalue weighted by molar-refractivity contribution is 5.87. The fraction of sp³-hybridized carbons (Fsp3) is 0.786. The number of amides is 3. The number of rotatable bonds is 6. The largest absolute Gasteiger partial charge is 0.480 e. The van der Waals surface area contributed by atoms with Crippen molar-refractivity contribution in [3.8, 4) is 0 Å². The van der Waals surface area contributed by atoms with Crippen LogP contribution in [-0.4, -0.2) is 47.5 Å². The third-order valence-corrected chi connectivity index (χ3v) is 4.74. The zero-order valence-corrected chi connectivity index (χ0v) is 12.2. The molecule has 0 saturated heterocycles. The summed E-state index contributed by atoms with van der Waals surface area (Å²) in [5, 5.41) is 11.3. The summed E-state index contributed by atoms with van der Waals surface area (Å²) in [7, 11) is 1.66. The average molecular weight is 297 g/mol. The van der Waals surface area contributed by atoms with Crippen LogP contribution in [0.1, 0.15) is 32.1 Å². The molecule has 3 unspecified atom stereocenters. The zero-order valence-electron chi connectivity index (χ0n) is 12.2. The van der Waals surface area contributed by atoms with E-state index in [0.717, 1.165) is 12.3 Å². The second-order valence-corrected chi connectivity index (χ2v) is 6.33. The molecule has 0 radical (unpaired) electrons. The van der Waals surface area contributed by atoms with Crippen molar-refractivity contribution >= 4 is 17.9 Å². The number of urea groups is 1. The molecule has 21 heavy (non-hydrogen) atoms. The molecule has 3 amide bonds. The number of carbonyl (C=O) groups excluding carboxylic acids is 2. The number of nitrogens with one attached hydrogen (secondary N) is 1. The molecule has 2 saturated carbocycles. The van der Waals surface area contributed by atoms with Gasteiger partial charge in [-0.2, -0.15) is 0 Å². The molecule has 118 valence electrons. The molecular weight excluding hydrogens is 274 g/mol. The Balaban J connectivity index is 1.83. The van der Waals surface area contributed by atoms with E-state index in [1.807, 2.05) is 0 Å². The highest BCUT2D eigenvalue weighted by Gasteiger charge is 2.40. The van der Waals surface area contributed by atoms with E-state index < -0.39 is 30.4 Å². The third kappa shape index (κ3) is 3.86. The normalized spacial score (nSPS) is 28.1. The average Bonchev–Trinajstić information content (AvgIpc) is 2.99. The van der Waals surface area contributed by atoms with Gasteiger partial charge in [0.2, 0.25) is 5.91 Å². The monoisotopic (exact) mass is 297 g/mol. The lowest BCUT2D eigenvalue weighted by molar-refractivity contribution is -0.140. The second-order valence-electron chi connectivity index (χ2n) is 6.33. The minimum Gasteiger partial charge on any atom is -0.480 e. The van der Waals surface area contributed by atoms with E-state index in [1.165, 1.54) is 24.2 Å². The molecule has 0 aromatic carbocycles. The van der Waals surface area contributed by atoms with Gasteiger partial charge in [0.1, 0.15) is 6.04 Å². The lowest BCUT2D eigenvalue weighted by atomic mass is 9.88. The predicted molar refractivity (Wildman–Crippen MR) is 75.3 cm³/mol. The Morgan fingerprint density at radius 3 is 2.52 bits per heavy atom. The number of carboxylic acid groups (broad SMARTS) is 1. The summed E-state index contributed by atoms with van der Waals surface area (Å²) in [4.78, 5) is 35.4. The van der Waals surface area contributed by atoms with Crippen LogP contribution in [-0.2, 0) is 9.59 Å². The third-order valence-electron chi connectivity index (χ3n) is 4.74. The number of fused-ring (bicyclic) bond motifs is 2. The van der Waals surface area contributed by atoms with Crippen LogP contribution in [0.5, 0.6) is 0 Å². The molecule has 0 aromatic rings. The number of hydrogen-bond donors (Lipinski definition) is 3. The molecule has 4 atom stereocenters. The summed E-state index contributed by atoms with van der Waals surface area (Å²) in [5.74, 6) is 0.0112. The van der Waals surface area contributed by atoms with Crippen LogP contribution in [0.3, 0.4) is 0 Å². The van der Waals surface area contributed by atoms with E-state index in [-0.39, 0.29) is 0 Å². The number of carboxylic acids is 1. The number of carbonyl (C=O) groups is 3. The Morgan fingerprint density at radius 2 is 2.05 bits per heavy atom. The lowest BCUT2D eigenvalue weighted by Gasteiger charge is -2.28. The van der Waals surface area contributed by atoms with E-state index >= 15 is 0 Å². The van der Waals surface area contributed by atoms with Gasteiger partial charge in [-0.1, -0.05) is 6.42 Å². The van der Waals surface area contributed by atoms with Crippen LogP contribution in [0.4, 0.5) is 4.79 Å². The van der Waals surface area contributed by atoms with E-state index in [9.17, 15) is 14.4 Å². The molecule has 4 N–H and O–H groups in total. The lowest BCUT2D eigenvalue weighted by Crippen LogP contribution is -2.49. The van der Waals surface area contributed by atoms with Crippen LogP contribution in [0.25, 0.3) is 0 Å². The van der Waals surface area contributed by atoms with Gasteiger partial charge in [-0.15, -0.1) is 0 Å². The minimum atomic E-state index is -1.27. The van der Waals surface area contributed by atoms with Gasteiger partial charge in [0.05, 0.1) is 6.42 Å². The molecule has 0 aliphatic heterocycles. The van der Waals surface area contributed by atoms with Crippen LogP contribution < -0.4 is 11.1 Å². The summed E-state index contributed by atoms with van der Waals surface area (Å²) in [6, 6.07) is -1.73. The molecule has 0 aromatic heterocycles. The van der Waals surface area contributed by atoms with Gasteiger partial charge >= 0.3 is 12.0 Å². The standard InChI is InChI=1S/C14H23N3O4/c1-17(7-10-5-8-2-3-9(10)4-8)14(21)16-11(13(19)20)6-12(15)18/h8-11H,2-7H2,1H3,(H2,15,18)(H,16,21)(H,19,20)/t8?,9?,10?,11-/m0/s1. The van der Waals surface area contributed by atoms with Crippen molar-refractivity contribution in [3.63, 3.8) is 0 Å². The molecule has 2 aliphatic carbocycles. The Hall–Kier alpha value is -1.79. The Morgan fingerprint density at radius 1 is 1.33 bits per heavy atom. The Labute approximate surface area is 123 Å². The van der Waals surface area contributed by atoms with Crippen molar-refractivity contribution < 1.29 is 19.5 Å². The zero-order chi connectivity index (χ0) is 15.6. The maximum Gasteiger partial charge on any atom is 0.326 e. The number of nitrogens with zero attached hydrogens (tertiary/aromatic N) is 1. The van der Waals surface area contributed by atoms with Crippen LogP contribution >= 0.6 is 0 Å². The summed E-state index contributed by atoms with van der Waals surface area (Å²) in [5.41, 5.74) is 4.99. The van der Waals surface area contributed by atoms with Gasteiger partial charge in [-0.25, -0.2) is 9.59 Å². The van der Waals surface area contributed by atoms with Crippen molar-refractivity contribution in [3.05, 3.63) is 0 Å². The fourth-order valence-electron chi connectivity index (χ4n) is 3.70. The minimum absolute atomic E-state index is 0.400. The molecule has 2 bridgehead atoms. The molecule has 0 spiro atoms. The number of hydrogen-bond acceptors (Lipinski definition) is 3. The van der Waals surface area contributed by atoms with Gasteiger partial charge in [-0.05, 0) is 37.0 Å². The van der Waals surface area contributed by atoms with Crippen LogP contribution in [0.2, 0.25) is 0 Å². The van der Waals surface area contributed by atoms with Crippen LogP contribution in [0, 0.1) is 17.8 Å². The molecule has 7 heteroatoms. The van der Waals surface area contributed by atoms with E-state index in [2.05, 4.69) is 5.32 Å². The maximum atomic E-state index is 12.0. The first-order valence-corrected chi connectivity index (χ1v) is 7.39. The van der Waals surface area contributed by atoms with Crippen LogP contribution in [0.15, 0.2) is 0 Å². The molecule has 2 fully saturated rings. The SMILES string of the molecule is CN(CC1CC2CCC1C2)C(=O)N[C@@H](CC(N)=O)C(=O)O. The maximum absolute atomic E-state index is 12.0. The number of nitrogens with two attached hydrogens (primary N) is 1. The topological polar surface area (TPSA) is 113 Å². The van der Waals surface area contributed by atoms with Gasteiger partial charge < -0.3 is 21.1 Å². The Bertz CT molecular complexity index is 440. The van der Waals surface area contributed by atoms with E-state index in [4.69, 9.17) is 10.8 Å². The molecule has 0 heterocycles. The van der Waals surface area contributed by atoms with Crippen molar-refractivity contribution in [2.45, 2.75) is 38.1 Å². The van der Waals surface area contributed by atoms with Crippen molar-refractivity contribution in [1.82, 2.24) is 10.2 Å². The summed E-state index contributed by atoms with van der Waals surface area (Å²) < 4.78 is 0. The fourth-order valence-corrected chi connectivity index (χ4v) is 3.70. The summed E-state index contributed by atoms with van der Waals surface area (Å²) in [6.45, 7) is 0.635. The highest BCUT2D eigenvalue weighted by atomic mass is 16.4. The predicted octanol–water partition coefficient (Wildman–Crippen LogP) is 0.393. The number of aliphatic carboxylic acids is 1.